The molecule has 3 heterocycles. The summed E-state index contributed by atoms with van der Waals surface area (Å²) >= 11 is 6.92. The third-order valence-corrected chi connectivity index (χ3v) is 9.02. The van der Waals surface area contributed by atoms with Crippen molar-refractivity contribution in [2.24, 2.45) is 5.92 Å². The van der Waals surface area contributed by atoms with Crippen molar-refractivity contribution in [1.82, 2.24) is 19.4 Å². The average molecular weight is 664 g/mol. The molecule has 9 heteroatoms. The minimum atomic E-state index is -0.154. The van der Waals surface area contributed by atoms with Gasteiger partial charge in [0.05, 0.1) is 23.3 Å². The fourth-order valence-corrected chi connectivity index (χ4v) is 6.72. The summed E-state index contributed by atoms with van der Waals surface area (Å²) in [5, 5.41) is 0.525. The van der Waals surface area contributed by atoms with Gasteiger partial charge >= 0.3 is 0 Å². The zero-order chi connectivity index (χ0) is 27.8. The average Bonchev–Trinajstić information content (AvgIpc) is 3.41. The predicted molar refractivity (Wildman–Crippen MR) is 162 cm³/mol. The quantitative estimate of drug-likeness (QED) is 0.273. The SMILES string of the molecule is O=C(c1ccc(-c2cccc(Br)c2)cc1)N1C[C@H]2CCCN(C(=O)CCn3cnc4ccc(Br)cc4c3=O)[C@H]2C1. The molecule has 6 rings (SSSR count). The Hall–Kier alpha value is -3.30. The number of carbonyl (C=O) groups is 2. The maximum atomic E-state index is 13.4. The fraction of sp³-hybridized carbons (Fsp3) is 0.290. The molecule has 2 saturated heterocycles. The number of benzene rings is 3. The highest BCUT2D eigenvalue weighted by Crippen LogP contribution is 2.32. The molecule has 2 atom stereocenters. The molecule has 2 aliphatic heterocycles. The number of amides is 2. The van der Waals surface area contributed by atoms with Gasteiger partial charge in [-0.25, -0.2) is 4.98 Å². The van der Waals surface area contributed by atoms with E-state index in [1.165, 1.54) is 10.9 Å². The monoisotopic (exact) mass is 662 g/mol. The Morgan fingerprint density at radius 2 is 1.73 bits per heavy atom. The van der Waals surface area contributed by atoms with Gasteiger partial charge < -0.3 is 9.80 Å². The Morgan fingerprint density at radius 3 is 2.52 bits per heavy atom. The van der Waals surface area contributed by atoms with Crippen LogP contribution in [0.1, 0.15) is 29.6 Å². The summed E-state index contributed by atoms with van der Waals surface area (Å²) in [6.07, 6.45) is 3.66. The second-order valence-corrected chi connectivity index (χ2v) is 12.3. The van der Waals surface area contributed by atoms with Crippen LogP contribution in [0.25, 0.3) is 22.0 Å². The lowest BCUT2D eigenvalue weighted by molar-refractivity contribution is -0.135. The van der Waals surface area contributed by atoms with Gasteiger partial charge in [0.2, 0.25) is 5.91 Å². The third kappa shape index (κ3) is 5.37. The minimum Gasteiger partial charge on any atom is -0.338 e. The van der Waals surface area contributed by atoms with Crippen LogP contribution in [0.15, 0.2) is 86.8 Å². The van der Waals surface area contributed by atoms with Gasteiger partial charge in [-0.3, -0.25) is 19.0 Å². The van der Waals surface area contributed by atoms with Gasteiger partial charge in [-0.1, -0.05) is 56.1 Å². The van der Waals surface area contributed by atoms with Gasteiger partial charge in [-0.05, 0) is 72.4 Å². The molecule has 0 N–H and O–H groups in total. The van der Waals surface area contributed by atoms with Gasteiger partial charge in [0.1, 0.15) is 0 Å². The maximum absolute atomic E-state index is 13.4. The summed E-state index contributed by atoms with van der Waals surface area (Å²) in [6, 6.07) is 21.2. The van der Waals surface area contributed by atoms with Gasteiger partial charge in [0.25, 0.3) is 11.5 Å². The number of carbonyl (C=O) groups excluding carboxylic acids is 2. The largest absolute Gasteiger partial charge is 0.338 e. The molecule has 0 bridgehead atoms. The van der Waals surface area contributed by atoms with E-state index in [0.717, 1.165) is 32.9 Å². The summed E-state index contributed by atoms with van der Waals surface area (Å²) in [6.45, 7) is 2.15. The van der Waals surface area contributed by atoms with Crippen molar-refractivity contribution >= 4 is 54.6 Å². The van der Waals surface area contributed by atoms with Crippen molar-refractivity contribution < 1.29 is 9.59 Å². The van der Waals surface area contributed by atoms with E-state index in [4.69, 9.17) is 0 Å². The Bertz CT molecular complexity index is 1650. The van der Waals surface area contributed by atoms with Crippen molar-refractivity contribution in [3.8, 4) is 11.1 Å². The van der Waals surface area contributed by atoms with Gasteiger partial charge in [-0.15, -0.1) is 0 Å². The van der Waals surface area contributed by atoms with Crippen molar-refractivity contribution in [3.63, 3.8) is 0 Å². The number of hydrogen-bond donors (Lipinski definition) is 0. The lowest BCUT2D eigenvalue weighted by Gasteiger charge is -2.37. The summed E-state index contributed by atoms with van der Waals surface area (Å²) in [4.78, 5) is 47.9. The van der Waals surface area contributed by atoms with E-state index in [0.29, 0.717) is 36.1 Å². The maximum Gasteiger partial charge on any atom is 0.261 e. The van der Waals surface area contributed by atoms with Gasteiger partial charge in [-0.2, -0.15) is 0 Å². The standard InChI is InChI=1S/C31H28Br2N4O3/c32-24-5-1-3-22(15-24)20-6-8-21(9-7-20)30(39)36-17-23-4-2-13-37(28(23)18-36)29(38)12-14-35-19-34-27-11-10-25(33)16-26(27)31(35)40/h1,3,5-11,15-16,19,23,28H,2,4,12-14,17-18H2/t23-,28+/m1/s1. The number of hydrogen-bond acceptors (Lipinski definition) is 4. The Morgan fingerprint density at radius 1 is 0.925 bits per heavy atom. The van der Waals surface area contributed by atoms with Crippen molar-refractivity contribution in [2.45, 2.75) is 31.8 Å². The lowest BCUT2D eigenvalue weighted by Crippen LogP contribution is -2.48. The zero-order valence-corrected chi connectivity index (χ0v) is 25.0. The van der Waals surface area contributed by atoms with Crippen LogP contribution >= 0.6 is 31.9 Å². The summed E-state index contributed by atoms with van der Waals surface area (Å²) in [5.41, 5.74) is 3.28. The first-order chi connectivity index (χ1) is 19.4. The zero-order valence-electron chi connectivity index (χ0n) is 21.8. The van der Waals surface area contributed by atoms with E-state index >= 15 is 0 Å². The lowest BCUT2D eigenvalue weighted by atomic mass is 9.92. The van der Waals surface area contributed by atoms with E-state index in [1.54, 1.807) is 12.1 Å². The van der Waals surface area contributed by atoms with E-state index in [1.807, 2.05) is 58.3 Å². The molecule has 7 nitrogen and oxygen atoms in total. The number of rotatable bonds is 5. The Labute approximate surface area is 249 Å². The molecule has 2 amide bonds. The number of nitrogens with zero attached hydrogens (tertiary/aromatic N) is 4. The van der Waals surface area contributed by atoms with Crippen LogP contribution in [0.5, 0.6) is 0 Å². The number of halogens is 2. The molecule has 0 radical (unpaired) electrons. The number of piperidine rings is 1. The molecule has 40 heavy (non-hydrogen) atoms. The summed E-state index contributed by atoms with van der Waals surface area (Å²) in [5.74, 6) is 0.288. The van der Waals surface area contributed by atoms with Crippen molar-refractivity contribution in [3.05, 3.63) is 97.9 Å². The number of fused-ring (bicyclic) bond motifs is 2. The molecule has 2 fully saturated rings. The molecule has 2 aliphatic rings. The molecule has 3 aromatic carbocycles. The van der Waals surface area contributed by atoms with Crippen LogP contribution in [0, 0.1) is 5.92 Å². The second kappa shape index (κ2) is 11.3. The Kier molecular flexibility index (Phi) is 7.59. The molecule has 0 unspecified atom stereocenters. The Balaban J connectivity index is 1.12. The fourth-order valence-electron chi connectivity index (χ4n) is 5.96. The molecule has 0 spiro atoms. The highest BCUT2D eigenvalue weighted by Gasteiger charge is 2.42. The summed E-state index contributed by atoms with van der Waals surface area (Å²) in [7, 11) is 0. The van der Waals surface area contributed by atoms with Crippen LogP contribution < -0.4 is 5.56 Å². The van der Waals surface area contributed by atoms with Crippen molar-refractivity contribution in [1.29, 1.82) is 0 Å². The topological polar surface area (TPSA) is 75.5 Å². The van der Waals surface area contributed by atoms with Crippen LogP contribution in [-0.2, 0) is 11.3 Å². The van der Waals surface area contributed by atoms with E-state index < -0.39 is 0 Å². The predicted octanol–water partition coefficient (Wildman–Crippen LogP) is 5.74. The molecular formula is C31H28Br2N4O3. The highest BCUT2D eigenvalue weighted by molar-refractivity contribution is 9.10. The first-order valence-electron chi connectivity index (χ1n) is 13.5. The molecule has 0 saturated carbocycles. The normalized spacial score (nSPS) is 18.6. The smallest absolute Gasteiger partial charge is 0.261 e. The molecular weight excluding hydrogens is 636 g/mol. The molecule has 1 aromatic heterocycles. The molecule has 4 aromatic rings. The minimum absolute atomic E-state index is 0.00235. The van der Waals surface area contributed by atoms with Crippen LogP contribution in [0.2, 0.25) is 0 Å². The highest BCUT2D eigenvalue weighted by atomic mass is 79.9. The van der Waals surface area contributed by atoms with E-state index in [9.17, 15) is 14.4 Å². The van der Waals surface area contributed by atoms with Crippen molar-refractivity contribution in [2.75, 3.05) is 19.6 Å². The first-order valence-corrected chi connectivity index (χ1v) is 15.1. The second-order valence-electron chi connectivity index (χ2n) is 10.5. The number of aromatic nitrogens is 2. The van der Waals surface area contributed by atoms with E-state index in [2.05, 4.69) is 42.9 Å². The van der Waals surface area contributed by atoms with Crippen LogP contribution in [-0.4, -0.2) is 56.8 Å². The summed E-state index contributed by atoms with van der Waals surface area (Å²) < 4.78 is 3.34. The third-order valence-electron chi connectivity index (χ3n) is 8.03. The molecule has 0 aliphatic carbocycles. The molecule has 204 valence electrons. The van der Waals surface area contributed by atoms with Gasteiger partial charge in [0, 0.05) is 47.1 Å². The number of likely N-dealkylation sites (tertiary alicyclic amines) is 2. The number of aryl methyl sites for hydroxylation is 1. The van der Waals surface area contributed by atoms with Gasteiger partial charge in [0.15, 0.2) is 0 Å². The first kappa shape index (κ1) is 26.9. The van der Waals surface area contributed by atoms with E-state index in [-0.39, 0.29) is 42.3 Å². The van der Waals surface area contributed by atoms with Crippen LogP contribution in [0.4, 0.5) is 0 Å². The van der Waals surface area contributed by atoms with Crippen LogP contribution in [0.3, 0.4) is 0 Å².